The van der Waals surface area contributed by atoms with Crippen LogP contribution in [-0.4, -0.2) is 74.2 Å². The fourth-order valence-corrected chi connectivity index (χ4v) is 7.86. The number of carbonyl (C=O) groups is 3. The first kappa shape index (κ1) is 42.6. The molecule has 1 heterocycles. The van der Waals surface area contributed by atoms with E-state index in [0.717, 1.165) is 60.8 Å². The molecule has 2 saturated carbocycles. The Morgan fingerprint density at radius 3 is 2.17 bits per heavy atom. The van der Waals surface area contributed by atoms with Gasteiger partial charge in [0.2, 0.25) is 11.7 Å². The summed E-state index contributed by atoms with van der Waals surface area (Å²) in [7, 11) is 0. The van der Waals surface area contributed by atoms with Gasteiger partial charge in [0.1, 0.15) is 12.4 Å². The van der Waals surface area contributed by atoms with Gasteiger partial charge in [-0.2, -0.15) is 22.7 Å². The normalized spacial score (nSPS) is 20.6. The number of rotatable bonds is 15. The number of halogens is 4. The molecule has 4 aromatic rings. The van der Waals surface area contributed by atoms with Gasteiger partial charge in [-0.15, -0.1) is 0 Å². The summed E-state index contributed by atoms with van der Waals surface area (Å²) in [5, 5.41) is 29.9. The van der Waals surface area contributed by atoms with Crippen LogP contribution in [0.25, 0.3) is 22.5 Å². The highest BCUT2D eigenvalue weighted by molar-refractivity contribution is 5.96. The van der Waals surface area contributed by atoms with Gasteiger partial charge in [-0.25, -0.2) is 4.98 Å². The number of amides is 2. The van der Waals surface area contributed by atoms with E-state index < -0.39 is 30.2 Å². The summed E-state index contributed by atoms with van der Waals surface area (Å²) in [6.07, 6.45) is 6.02. The van der Waals surface area contributed by atoms with Crippen molar-refractivity contribution in [3.8, 4) is 22.5 Å². The van der Waals surface area contributed by atoms with Crippen LogP contribution in [0.1, 0.15) is 85.1 Å². The van der Waals surface area contributed by atoms with Crippen LogP contribution < -0.4 is 16.4 Å². The molecule has 1 aromatic heterocycles. The van der Waals surface area contributed by atoms with Gasteiger partial charge in [0.05, 0.1) is 6.10 Å². The molecule has 0 aliphatic heterocycles. The molecule has 310 valence electrons. The van der Waals surface area contributed by atoms with Crippen LogP contribution in [0.2, 0.25) is 0 Å². The molecule has 0 unspecified atom stereocenters. The molecule has 0 radical (unpaired) electrons. The first-order valence-corrected chi connectivity index (χ1v) is 19.8. The zero-order valence-electron chi connectivity index (χ0n) is 32.3. The maximum absolute atomic E-state index is 14.2. The van der Waals surface area contributed by atoms with E-state index in [1.807, 2.05) is 48.4 Å². The molecular weight excluding hydrogens is 757 g/mol. The number of ketones is 1. The maximum atomic E-state index is 14.2. The second-order valence-electron chi connectivity index (χ2n) is 15.7. The van der Waals surface area contributed by atoms with Gasteiger partial charge >= 0.3 is 11.8 Å². The van der Waals surface area contributed by atoms with Gasteiger partial charge in [0, 0.05) is 41.1 Å². The number of hydrogen-bond acceptors (Lipinski definition) is 8. The van der Waals surface area contributed by atoms with Crippen molar-refractivity contribution in [2.24, 2.45) is 23.5 Å². The van der Waals surface area contributed by atoms with Gasteiger partial charge in [-0.05, 0) is 136 Å². The van der Waals surface area contributed by atoms with Crippen LogP contribution >= 0.6 is 0 Å². The number of aliphatic hydroxyl groups is 2. The number of hydrogen-bond donors (Lipinski definition) is 6. The Hall–Kier alpha value is -4.99. The van der Waals surface area contributed by atoms with E-state index in [0.29, 0.717) is 36.6 Å². The Morgan fingerprint density at radius 1 is 0.897 bits per heavy atom. The van der Waals surface area contributed by atoms with E-state index in [4.69, 9.17) is 10.8 Å². The van der Waals surface area contributed by atoms with Gasteiger partial charge in [0.15, 0.2) is 5.82 Å². The number of nitrogens with two attached hydrogens (primary N) is 1. The van der Waals surface area contributed by atoms with Crippen LogP contribution in [0.3, 0.4) is 0 Å². The van der Waals surface area contributed by atoms with Crippen molar-refractivity contribution in [1.82, 2.24) is 20.5 Å². The number of aliphatic hydroxyl groups excluding tert-OH is 2. The third kappa shape index (κ3) is 9.99. The first-order chi connectivity index (χ1) is 27.7. The summed E-state index contributed by atoms with van der Waals surface area (Å²) in [6.45, 7) is 0.442. The Labute approximate surface area is 334 Å². The molecule has 2 aliphatic carbocycles. The lowest BCUT2D eigenvalue weighted by atomic mass is 9.77. The predicted octanol–water partition coefficient (Wildman–Crippen LogP) is 6.72. The van der Waals surface area contributed by atoms with E-state index >= 15 is 0 Å². The van der Waals surface area contributed by atoms with E-state index in [1.54, 1.807) is 6.07 Å². The molecule has 0 spiro atoms. The topological polar surface area (TPSA) is 183 Å². The van der Waals surface area contributed by atoms with E-state index in [1.165, 1.54) is 24.3 Å². The van der Waals surface area contributed by atoms with Crippen LogP contribution in [0, 0.1) is 24.7 Å². The number of benzene rings is 3. The van der Waals surface area contributed by atoms with Crippen LogP contribution in [0.15, 0.2) is 66.7 Å². The first-order valence-electron chi connectivity index (χ1n) is 19.8. The van der Waals surface area contributed by atoms with Crippen molar-refractivity contribution in [1.29, 1.82) is 0 Å². The molecule has 2 fully saturated rings. The maximum Gasteiger partial charge on any atom is 0.370 e. The molecule has 15 heteroatoms. The van der Waals surface area contributed by atoms with Gasteiger partial charge in [0.25, 0.3) is 5.91 Å². The quantitative estimate of drug-likeness (QED) is 0.0716. The lowest BCUT2D eigenvalue weighted by Crippen LogP contribution is -2.42. The molecule has 0 bridgehead atoms. The second-order valence-corrected chi connectivity index (χ2v) is 15.7. The molecule has 1 atom stereocenters. The molecule has 6 rings (SSSR count). The van der Waals surface area contributed by atoms with Crippen molar-refractivity contribution in [2.75, 3.05) is 18.5 Å². The number of carbonyl (C=O) groups excluding carboxylic acids is 3. The number of anilines is 1. The highest BCUT2D eigenvalue weighted by Crippen LogP contribution is 2.41. The number of aromatic nitrogens is 3. The van der Waals surface area contributed by atoms with Gasteiger partial charge in [-0.3, -0.25) is 19.5 Å². The number of nitrogens with zero attached hydrogens (tertiary/aromatic N) is 2. The number of aromatic amines is 1. The molecule has 11 nitrogen and oxygen atoms in total. The molecule has 58 heavy (non-hydrogen) atoms. The standard InChI is InChI=1S/C43H50F4N6O5/c1-25-20-31(39(57)49-34-15-17-35(55)18-16-34)12-19-36(25)28-6-2-26(3-7-28)21-32(22-37(56)29-8-4-27(23-48)5-9-29)40(58)50-33-13-10-30(11-14-33)38-51-41(53-52-38)43(46,47)42(44,45)24-54/h2-3,6-7,10-14,19-20,27,29,32,34-35,54-55H,4-5,8-9,15-18,21-24,48H2,1H3,(H,49,57)(H,50,58)(H,51,52,53)/t27?,29?,32-,34?,35?/m1/s1. The van der Waals surface area contributed by atoms with E-state index in [2.05, 4.69) is 20.7 Å². The lowest BCUT2D eigenvalue weighted by Gasteiger charge is -2.27. The average molecular weight is 807 g/mol. The number of Topliss-reactive ketones (excluding diaryl/α,β-unsaturated/α-hetero) is 1. The summed E-state index contributed by atoms with van der Waals surface area (Å²) in [4.78, 5) is 43.9. The average Bonchev–Trinajstić information content (AvgIpc) is 3.73. The van der Waals surface area contributed by atoms with Crippen molar-refractivity contribution >= 4 is 23.3 Å². The second kappa shape index (κ2) is 18.3. The Morgan fingerprint density at radius 2 is 1.55 bits per heavy atom. The zero-order valence-corrected chi connectivity index (χ0v) is 32.3. The molecular formula is C43H50F4N6O5. The van der Waals surface area contributed by atoms with Crippen LogP contribution in [0.5, 0.6) is 0 Å². The Balaban J connectivity index is 1.14. The minimum atomic E-state index is -4.79. The molecule has 3 aromatic carbocycles. The number of H-pyrrole nitrogens is 1. The van der Waals surface area contributed by atoms with Crippen LogP contribution in [-0.2, 0) is 21.9 Å². The molecule has 0 saturated heterocycles. The smallest absolute Gasteiger partial charge is 0.370 e. The SMILES string of the molecule is Cc1cc(C(=O)NC2CCC(O)CC2)ccc1-c1ccc(C[C@H](CC(=O)C2CCC(CN)CC2)C(=O)Nc2ccc(-c3n[nH]c(C(F)(F)C(F)(F)CO)n3)cc2)cc1. The number of alkyl halides is 4. The van der Waals surface area contributed by atoms with Crippen molar-refractivity contribution in [3.63, 3.8) is 0 Å². The lowest BCUT2D eigenvalue weighted by molar-refractivity contribution is -0.236. The predicted molar refractivity (Wildman–Crippen MR) is 210 cm³/mol. The van der Waals surface area contributed by atoms with E-state index in [-0.39, 0.29) is 59.9 Å². The van der Waals surface area contributed by atoms with Crippen molar-refractivity contribution < 1.29 is 42.2 Å². The number of nitrogens with one attached hydrogen (secondary N) is 3. The number of aryl methyl sites for hydroxylation is 1. The highest BCUT2D eigenvalue weighted by Gasteiger charge is 2.59. The van der Waals surface area contributed by atoms with Crippen molar-refractivity contribution in [2.45, 2.75) is 95.1 Å². The largest absolute Gasteiger partial charge is 0.393 e. The Bertz CT molecular complexity index is 2040. The van der Waals surface area contributed by atoms with Crippen molar-refractivity contribution in [3.05, 3.63) is 89.2 Å². The molecule has 7 N–H and O–H groups in total. The Kier molecular flexibility index (Phi) is 13.4. The van der Waals surface area contributed by atoms with Crippen LogP contribution in [0.4, 0.5) is 23.2 Å². The summed E-state index contributed by atoms with van der Waals surface area (Å²) in [6, 6.07) is 19.2. The zero-order chi connectivity index (χ0) is 41.6. The van der Waals surface area contributed by atoms with E-state index in [9.17, 15) is 37.1 Å². The molecule has 2 aliphatic rings. The summed E-state index contributed by atoms with van der Waals surface area (Å²) < 4.78 is 55.8. The monoisotopic (exact) mass is 806 g/mol. The third-order valence-electron chi connectivity index (χ3n) is 11.6. The highest BCUT2D eigenvalue weighted by atomic mass is 19.3. The summed E-state index contributed by atoms with van der Waals surface area (Å²) >= 11 is 0. The molecule has 2 amide bonds. The van der Waals surface area contributed by atoms with Gasteiger partial charge < -0.3 is 26.6 Å². The minimum absolute atomic E-state index is 0.0207. The minimum Gasteiger partial charge on any atom is -0.393 e. The fraction of sp³-hybridized carbons (Fsp3) is 0.465. The fourth-order valence-electron chi connectivity index (χ4n) is 7.86. The third-order valence-corrected chi connectivity index (χ3v) is 11.6. The summed E-state index contributed by atoms with van der Waals surface area (Å²) in [5.41, 5.74) is 10.6. The summed E-state index contributed by atoms with van der Waals surface area (Å²) in [5.74, 6) is -12.2. The van der Waals surface area contributed by atoms with Gasteiger partial charge in [-0.1, -0.05) is 30.3 Å².